The fourth-order valence-electron chi connectivity index (χ4n) is 2.68. The van der Waals surface area contributed by atoms with Crippen LogP contribution in [0.15, 0.2) is 24.3 Å². The van der Waals surface area contributed by atoms with Crippen molar-refractivity contribution in [3.05, 3.63) is 29.8 Å². The zero-order chi connectivity index (χ0) is 14.5. The lowest BCUT2D eigenvalue weighted by Gasteiger charge is -2.31. The van der Waals surface area contributed by atoms with Crippen LogP contribution in [-0.2, 0) is 11.3 Å². The average molecular weight is 276 g/mol. The maximum Gasteiger partial charge on any atom is 0.411 e. The SMILES string of the molecule is CC1CCC(OC(=O)Nc2cccc(CN)c2)CC1C. The quantitative estimate of drug-likeness (QED) is 0.887. The van der Waals surface area contributed by atoms with Gasteiger partial charge in [-0.25, -0.2) is 4.79 Å². The molecule has 1 aromatic carbocycles. The summed E-state index contributed by atoms with van der Waals surface area (Å²) in [7, 11) is 0. The van der Waals surface area contributed by atoms with Gasteiger partial charge in [0.25, 0.3) is 0 Å². The Hall–Kier alpha value is -1.55. The van der Waals surface area contributed by atoms with Crippen LogP contribution in [0, 0.1) is 11.8 Å². The van der Waals surface area contributed by atoms with Gasteiger partial charge < -0.3 is 10.5 Å². The first-order valence-corrected chi connectivity index (χ1v) is 7.35. The Morgan fingerprint density at radius 3 is 2.85 bits per heavy atom. The first kappa shape index (κ1) is 14.9. The Morgan fingerprint density at radius 2 is 2.15 bits per heavy atom. The van der Waals surface area contributed by atoms with Crippen molar-refractivity contribution in [1.29, 1.82) is 0 Å². The number of nitrogens with two attached hydrogens (primary N) is 1. The zero-order valence-corrected chi connectivity index (χ0v) is 12.3. The maximum atomic E-state index is 11.9. The van der Waals surface area contributed by atoms with E-state index >= 15 is 0 Å². The Morgan fingerprint density at radius 1 is 1.35 bits per heavy atom. The molecule has 3 unspecified atom stereocenters. The van der Waals surface area contributed by atoms with E-state index in [1.807, 2.05) is 24.3 Å². The molecule has 1 amide bonds. The van der Waals surface area contributed by atoms with Crippen molar-refractivity contribution in [2.24, 2.45) is 17.6 Å². The van der Waals surface area contributed by atoms with E-state index in [0.29, 0.717) is 12.5 Å². The van der Waals surface area contributed by atoms with Gasteiger partial charge in [-0.3, -0.25) is 5.32 Å². The van der Waals surface area contributed by atoms with Crippen molar-refractivity contribution in [3.63, 3.8) is 0 Å². The largest absolute Gasteiger partial charge is 0.446 e. The molecule has 0 aromatic heterocycles. The van der Waals surface area contributed by atoms with E-state index in [2.05, 4.69) is 19.2 Å². The van der Waals surface area contributed by atoms with Crippen molar-refractivity contribution in [3.8, 4) is 0 Å². The van der Waals surface area contributed by atoms with Crippen LogP contribution in [-0.4, -0.2) is 12.2 Å². The van der Waals surface area contributed by atoms with Crippen molar-refractivity contribution in [1.82, 2.24) is 0 Å². The minimum absolute atomic E-state index is 0.0406. The lowest BCUT2D eigenvalue weighted by atomic mass is 9.80. The van der Waals surface area contributed by atoms with E-state index < -0.39 is 0 Å². The summed E-state index contributed by atoms with van der Waals surface area (Å²) in [6, 6.07) is 7.52. The molecule has 4 nitrogen and oxygen atoms in total. The Labute approximate surface area is 120 Å². The topological polar surface area (TPSA) is 64.3 Å². The van der Waals surface area contributed by atoms with E-state index in [-0.39, 0.29) is 12.2 Å². The molecular weight excluding hydrogens is 252 g/mol. The lowest BCUT2D eigenvalue weighted by Crippen LogP contribution is -2.30. The predicted octanol–water partition coefficient (Wildman–Crippen LogP) is 3.52. The van der Waals surface area contributed by atoms with Crippen LogP contribution in [0.1, 0.15) is 38.7 Å². The minimum atomic E-state index is -0.370. The van der Waals surface area contributed by atoms with Crippen molar-refractivity contribution in [2.45, 2.75) is 45.8 Å². The van der Waals surface area contributed by atoms with E-state index in [0.717, 1.165) is 36.4 Å². The molecule has 1 aromatic rings. The van der Waals surface area contributed by atoms with E-state index in [1.54, 1.807) is 0 Å². The second-order valence-corrected chi connectivity index (χ2v) is 5.82. The predicted molar refractivity (Wildman–Crippen MR) is 80.4 cm³/mol. The summed E-state index contributed by atoms with van der Waals surface area (Å²) in [5.74, 6) is 1.33. The lowest BCUT2D eigenvalue weighted by molar-refractivity contribution is 0.0560. The molecule has 0 bridgehead atoms. The summed E-state index contributed by atoms with van der Waals surface area (Å²) >= 11 is 0. The highest BCUT2D eigenvalue weighted by atomic mass is 16.6. The maximum absolute atomic E-state index is 11.9. The highest BCUT2D eigenvalue weighted by molar-refractivity contribution is 5.84. The van der Waals surface area contributed by atoms with Gasteiger partial charge in [0.05, 0.1) is 0 Å². The number of ether oxygens (including phenoxy) is 1. The van der Waals surface area contributed by atoms with Gasteiger partial charge >= 0.3 is 6.09 Å². The van der Waals surface area contributed by atoms with E-state index in [1.165, 1.54) is 0 Å². The molecule has 3 atom stereocenters. The van der Waals surface area contributed by atoms with Gasteiger partial charge in [0.2, 0.25) is 0 Å². The number of rotatable bonds is 3. The normalized spacial score (nSPS) is 26.1. The summed E-state index contributed by atoms with van der Waals surface area (Å²) in [6.45, 7) is 4.95. The van der Waals surface area contributed by atoms with E-state index in [4.69, 9.17) is 10.5 Å². The van der Waals surface area contributed by atoms with Gasteiger partial charge in [-0.1, -0.05) is 26.0 Å². The first-order chi connectivity index (χ1) is 9.58. The molecule has 0 heterocycles. The summed E-state index contributed by atoms with van der Waals surface area (Å²) in [5.41, 5.74) is 7.30. The number of nitrogens with one attached hydrogen (secondary N) is 1. The van der Waals surface area contributed by atoms with E-state index in [9.17, 15) is 4.79 Å². The molecule has 0 aliphatic heterocycles. The third-order valence-corrected chi connectivity index (χ3v) is 4.23. The Kier molecular flexibility index (Phi) is 5.01. The van der Waals surface area contributed by atoms with Crippen LogP contribution in [0.3, 0.4) is 0 Å². The molecular formula is C16H24N2O2. The van der Waals surface area contributed by atoms with Crippen LogP contribution >= 0.6 is 0 Å². The van der Waals surface area contributed by atoms with Crippen molar-refractivity contribution < 1.29 is 9.53 Å². The standard InChI is InChI=1S/C16H24N2O2/c1-11-6-7-15(8-12(11)2)20-16(19)18-14-5-3-4-13(9-14)10-17/h3-5,9,11-12,15H,6-8,10,17H2,1-2H3,(H,18,19). The highest BCUT2D eigenvalue weighted by Crippen LogP contribution is 2.31. The second kappa shape index (κ2) is 6.75. The number of anilines is 1. The van der Waals surface area contributed by atoms with Gasteiger partial charge in [-0.2, -0.15) is 0 Å². The number of hydrogen-bond donors (Lipinski definition) is 2. The van der Waals surface area contributed by atoms with Gasteiger partial charge in [0.15, 0.2) is 0 Å². The third-order valence-electron chi connectivity index (χ3n) is 4.23. The molecule has 3 N–H and O–H groups in total. The summed E-state index contributed by atoms with van der Waals surface area (Å²) < 4.78 is 5.51. The fourth-order valence-corrected chi connectivity index (χ4v) is 2.68. The number of hydrogen-bond acceptors (Lipinski definition) is 3. The summed E-state index contributed by atoms with van der Waals surface area (Å²) in [6.07, 6.45) is 2.71. The molecule has 2 rings (SSSR count). The van der Waals surface area contributed by atoms with Gasteiger partial charge in [-0.15, -0.1) is 0 Å². The monoisotopic (exact) mass is 276 g/mol. The smallest absolute Gasteiger partial charge is 0.411 e. The average Bonchev–Trinajstić information content (AvgIpc) is 2.43. The van der Waals surface area contributed by atoms with Crippen LogP contribution in [0.4, 0.5) is 10.5 Å². The summed E-state index contributed by atoms with van der Waals surface area (Å²) in [4.78, 5) is 11.9. The molecule has 20 heavy (non-hydrogen) atoms. The number of amides is 1. The van der Waals surface area contributed by atoms with Crippen molar-refractivity contribution in [2.75, 3.05) is 5.32 Å². The highest BCUT2D eigenvalue weighted by Gasteiger charge is 2.26. The Bertz CT molecular complexity index is 462. The molecule has 4 heteroatoms. The van der Waals surface area contributed by atoms with Crippen LogP contribution < -0.4 is 11.1 Å². The molecule has 0 spiro atoms. The molecule has 0 saturated heterocycles. The molecule has 1 aliphatic carbocycles. The number of benzene rings is 1. The summed E-state index contributed by atoms with van der Waals surface area (Å²) in [5, 5.41) is 2.77. The van der Waals surface area contributed by atoms with Gasteiger partial charge in [0.1, 0.15) is 6.10 Å². The first-order valence-electron chi connectivity index (χ1n) is 7.35. The molecule has 1 fully saturated rings. The molecule has 0 radical (unpaired) electrons. The van der Waals surface area contributed by atoms with Crippen LogP contribution in [0.25, 0.3) is 0 Å². The minimum Gasteiger partial charge on any atom is -0.446 e. The van der Waals surface area contributed by atoms with Gasteiger partial charge in [-0.05, 0) is 48.8 Å². The number of carbonyl (C=O) groups excluding carboxylic acids is 1. The van der Waals surface area contributed by atoms with Crippen LogP contribution in [0.5, 0.6) is 0 Å². The molecule has 110 valence electrons. The van der Waals surface area contributed by atoms with Crippen LogP contribution in [0.2, 0.25) is 0 Å². The van der Waals surface area contributed by atoms with Gasteiger partial charge in [0, 0.05) is 12.2 Å². The third kappa shape index (κ3) is 3.97. The molecule has 1 aliphatic rings. The second-order valence-electron chi connectivity index (χ2n) is 5.82. The fraction of sp³-hybridized carbons (Fsp3) is 0.562. The van der Waals surface area contributed by atoms with Crippen molar-refractivity contribution >= 4 is 11.8 Å². The number of carbonyl (C=O) groups is 1. The zero-order valence-electron chi connectivity index (χ0n) is 12.3. The Balaban J connectivity index is 1.86. The molecule has 1 saturated carbocycles.